The number of ether oxygens (including phenoxy) is 1. The summed E-state index contributed by atoms with van der Waals surface area (Å²) >= 11 is 1.38. The molecule has 1 fully saturated rings. The molecule has 20 heteroatoms. The van der Waals surface area contributed by atoms with Crippen molar-refractivity contribution < 1.29 is 61.4 Å². The van der Waals surface area contributed by atoms with Crippen LogP contribution in [0.3, 0.4) is 0 Å². The zero-order valence-corrected chi connectivity index (χ0v) is 21.8. The van der Waals surface area contributed by atoms with Crippen molar-refractivity contribution in [2.75, 3.05) is 12.4 Å². The van der Waals surface area contributed by atoms with Gasteiger partial charge in [0.15, 0.2) is 6.23 Å². The quantitative estimate of drug-likeness (QED) is 0.0769. The number of aliphatic hydroxyl groups excluding tert-OH is 2. The van der Waals surface area contributed by atoms with Gasteiger partial charge < -0.3 is 34.5 Å². The molecule has 6 atom stereocenters. The average molecular weight is 584 g/mol. The minimum Gasteiger partial charge on any atom is -0.387 e. The van der Waals surface area contributed by atoms with Crippen LogP contribution in [0.4, 0.5) is 0 Å². The van der Waals surface area contributed by atoms with Crippen LogP contribution in [0.1, 0.15) is 38.8 Å². The Morgan fingerprint density at radius 1 is 1.06 bits per heavy atom. The predicted molar refractivity (Wildman–Crippen MR) is 119 cm³/mol. The average Bonchev–Trinajstić information content (AvgIpc) is 2.98. The fourth-order valence-electron chi connectivity index (χ4n) is 2.94. The maximum atomic E-state index is 12.4. The van der Waals surface area contributed by atoms with E-state index >= 15 is 0 Å². The van der Waals surface area contributed by atoms with E-state index in [1.807, 2.05) is 0 Å². The molecule has 1 aliphatic rings. The lowest BCUT2D eigenvalue weighted by molar-refractivity contribution is -0.0543. The number of unbranched alkanes of at least 4 members (excludes halogenated alkanes) is 3. The fraction of sp³-hybridized carbons (Fsp3) is 0.733. The maximum Gasteiger partial charge on any atom is 0.490 e. The Kier molecular flexibility index (Phi) is 11.3. The predicted octanol–water partition coefficient (Wildman–Crippen LogP) is 0.878. The molecule has 0 amide bonds. The molecule has 0 spiro atoms. The molecule has 6 N–H and O–H groups in total. The van der Waals surface area contributed by atoms with Crippen LogP contribution in [0.2, 0.25) is 0 Å². The molecule has 0 saturated carbocycles. The molecule has 1 saturated heterocycles. The van der Waals surface area contributed by atoms with Crippen LogP contribution >= 0.6 is 35.2 Å². The van der Waals surface area contributed by atoms with Gasteiger partial charge in [-0.3, -0.25) is 9.09 Å². The fourth-order valence-corrected chi connectivity index (χ4v) is 6.83. The summed E-state index contributed by atoms with van der Waals surface area (Å²) in [5.41, 5.74) is -0.784. The SMILES string of the molecule is CCCCCCSc1ccn([C@@H]2O[C@H](COP(=O)(O)OP(=O)(O)OP(=O)(O)O)C(O)[C@@H]2O)c(=O)n1. The van der Waals surface area contributed by atoms with Gasteiger partial charge in [-0.1, -0.05) is 26.2 Å². The monoisotopic (exact) mass is 584 g/mol. The zero-order valence-electron chi connectivity index (χ0n) is 18.3. The first kappa shape index (κ1) is 30.7. The molecular formula is C15H27N2O14P3S. The molecule has 1 aromatic heterocycles. The molecule has 0 bridgehead atoms. The highest BCUT2D eigenvalue weighted by Gasteiger charge is 2.46. The van der Waals surface area contributed by atoms with Crippen molar-refractivity contribution in [3.8, 4) is 0 Å². The number of phosphoric acid groups is 3. The summed E-state index contributed by atoms with van der Waals surface area (Å²) in [6.07, 6.45) is -0.852. The highest BCUT2D eigenvalue weighted by Crippen LogP contribution is 2.66. The number of hydrogen-bond donors (Lipinski definition) is 6. The van der Waals surface area contributed by atoms with E-state index in [-0.39, 0.29) is 0 Å². The van der Waals surface area contributed by atoms with Crippen molar-refractivity contribution in [3.05, 3.63) is 22.7 Å². The summed E-state index contributed by atoms with van der Waals surface area (Å²) in [5, 5.41) is 20.9. The Morgan fingerprint density at radius 3 is 2.34 bits per heavy atom. The molecule has 2 rings (SSSR count). The number of hydrogen-bond acceptors (Lipinski definition) is 12. The molecule has 0 aliphatic carbocycles. The highest BCUT2D eigenvalue weighted by atomic mass is 32.2. The van der Waals surface area contributed by atoms with Gasteiger partial charge in [0.25, 0.3) is 0 Å². The van der Waals surface area contributed by atoms with E-state index < -0.39 is 60.3 Å². The minimum absolute atomic E-state index is 0.458. The van der Waals surface area contributed by atoms with Gasteiger partial charge in [0.1, 0.15) is 23.3 Å². The third-order valence-corrected chi connectivity index (χ3v) is 9.30. The Balaban J connectivity index is 1.98. The Hall–Kier alpha value is -0.480. The van der Waals surface area contributed by atoms with Gasteiger partial charge >= 0.3 is 29.2 Å². The lowest BCUT2D eigenvalue weighted by Gasteiger charge is -2.19. The highest BCUT2D eigenvalue weighted by molar-refractivity contribution is 7.99. The molecule has 35 heavy (non-hydrogen) atoms. The standard InChI is InChI=1S/C15H27N2O14P3S/c1-2-3-4-5-8-35-11-6-7-17(15(20)16-11)14-13(19)12(18)10(29-14)9-28-33(24,25)31-34(26,27)30-32(21,22)23/h6-7,10,12-14,18-19H,2-5,8-9H2,1H3,(H,24,25)(H,26,27)(H2,21,22,23)/t10-,12?,13+,14-/m1/s1. The zero-order chi connectivity index (χ0) is 26.4. The van der Waals surface area contributed by atoms with Crippen LogP contribution in [0.15, 0.2) is 22.1 Å². The Labute approximate surface area is 203 Å². The summed E-state index contributed by atoms with van der Waals surface area (Å²) in [4.78, 5) is 52.0. The number of phosphoric ester groups is 1. The van der Waals surface area contributed by atoms with Crippen molar-refractivity contribution >= 4 is 35.2 Å². The second kappa shape index (κ2) is 12.9. The van der Waals surface area contributed by atoms with Crippen molar-refractivity contribution in [3.63, 3.8) is 0 Å². The van der Waals surface area contributed by atoms with Crippen molar-refractivity contribution in [2.24, 2.45) is 0 Å². The maximum absolute atomic E-state index is 12.4. The molecule has 16 nitrogen and oxygen atoms in total. The second-order valence-corrected chi connectivity index (χ2v) is 12.8. The van der Waals surface area contributed by atoms with Crippen molar-refractivity contribution in [1.82, 2.24) is 9.55 Å². The third kappa shape index (κ3) is 10.1. The smallest absolute Gasteiger partial charge is 0.387 e. The van der Waals surface area contributed by atoms with Gasteiger partial charge in [-0.25, -0.2) is 18.5 Å². The van der Waals surface area contributed by atoms with Gasteiger partial charge in [-0.2, -0.15) is 13.6 Å². The van der Waals surface area contributed by atoms with Crippen molar-refractivity contribution in [1.29, 1.82) is 0 Å². The number of aliphatic hydroxyl groups is 2. The number of rotatable bonds is 14. The molecule has 1 aliphatic heterocycles. The van der Waals surface area contributed by atoms with Crippen LogP contribution in [0.5, 0.6) is 0 Å². The summed E-state index contributed by atoms with van der Waals surface area (Å²) in [6.45, 7) is 1.10. The Morgan fingerprint density at radius 2 is 1.74 bits per heavy atom. The van der Waals surface area contributed by atoms with Gasteiger partial charge in [0, 0.05) is 6.20 Å². The summed E-state index contributed by atoms with van der Waals surface area (Å²) in [7, 11) is -16.7. The van der Waals surface area contributed by atoms with Crippen LogP contribution in [-0.2, 0) is 31.6 Å². The number of thioether (sulfide) groups is 1. The second-order valence-electron chi connectivity index (χ2n) is 7.30. The van der Waals surface area contributed by atoms with Crippen LogP contribution < -0.4 is 5.69 Å². The normalized spacial score (nSPS) is 26.4. The topological polar surface area (TPSA) is 244 Å². The summed E-state index contributed by atoms with van der Waals surface area (Å²) in [6, 6.07) is 1.52. The lowest BCUT2D eigenvalue weighted by Crippen LogP contribution is -2.36. The molecule has 1 aromatic rings. The van der Waals surface area contributed by atoms with Gasteiger partial charge in [0.05, 0.1) is 6.61 Å². The largest absolute Gasteiger partial charge is 0.490 e. The molecular weight excluding hydrogens is 557 g/mol. The van der Waals surface area contributed by atoms with E-state index in [9.17, 15) is 33.6 Å². The summed E-state index contributed by atoms with van der Waals surface area (Å²) < 4.78 is 51.6. The van der Waals surface area contributed by atoms with Crippen molar-refractivity contribution in [2.45, 2.75) is 62.2 Å². The van der Waals surface area contributed by atoms with E-state index in [4.69, 9.17) is 19.4 Å². The van der Waals surface area contributed by atoms with E-state index in [1.165, 1.54) is 24.0 Å². The van der Waals surface area contributed by atoms with E-state index in [0.717, 1.165) is 36.0 Å². The van der Waals surface area contributed by atoms with Crippen LogP contribution in [0.25, 0.3) is 0 Å². The van der Waals surface area contributed by atoms with Gasteiger partial charge in [-0.05, 0) is 18.2 Å². The van der Waals surface area contributed by atoms with E-state index in [2.05, 4.69) is 25.1 Å². The first-order valence-corrected chi connectivity index (χ1v) is 15.7. The molecule has 3 unspecified atom stereocenters. The number of nitrogens with zero attached hydrogens (tertiary/aromatic N) is 2. The van der Waals surface area contributed by atoms with Crippen LogP contribution in [-0.4, -0.2) is 70.0 Å². The third-order valence-electron chi connectivity index (χ3n) is 4.48. The first-order valence-electron chi connectivity index (χ1n) is 10.2. The van der Waals surface area contributed by atoms with E-state index in [1.54, 1.807) is 0 Å². The molecule has 202 valence electrons. The van der Waals surface area contributed by atoms with Gasteiger partial charge in [0.2, 0.25) is 0 Å². The summed E-state index contributed by atoms with van der Waals surface area (Å²) in [5.74, 6) is 0.764. The number of aromatic nitrogens is 2. The Bertz CT molecular complexity index is 1050. The van der Waals surface area contributed by atoms with Gasteiger partial charge in [-0.15, -0.1) is 11.8 Å². The molecule has 0 radical (unpaired) electrons. The minimum atomic E-state index is -5.72. The molecule has 2 heterocycles. The van der Waals surface area contributed by atoms with Crippen LogP contribution in [0, 0.1) is 0 Å². The first-order chi connectivity index (χ1) is 16.1. The van der Waals surface area contributed by atoms with E-state index in [0.29, 0.717) is 5.03 Å². The molecule has 0 aromatic carbocycles. The lowest BCUT2D eigenvalue weighted by atomic mass is 10.1.